The highest BCUT2D eigenvalue weighted by Gasteiger charge is 2.21. The Morgan fingerprint density at radius 2 is 1.97 bits per heavy atom. The van der Waals surface area contributed by atoms with Crippen molar-refractivity contribution in [2.24, 2.45) is 0 Å². The van der Waals surface area contributed by atoms with Gasteiger partial charge in [0.15, 0.2) is 5.16 Å². The standard InChI is InChI=1S/C21H18Cl3N3O3S/c22-14-8-16(24)18(9-15(14)23)25-19(28)11-31-21-26-17-6-2-1-5-13(17)20(29)27(21)10-12-4-3-7-30-12/h1-2,5-6,8-9,12H,3-4,7,10-11H2,(H,25,28). The lowest BCUT2D eigenvalue weighted by atomic mass is 10.2. The molecule has 0 bridgehead atoms. The maximum Gasteiger partial charge on any atom is 0.262 e. The molecule has 0 saturated carbocycles. The minimum absolute atomic E-state index is 0.0346. The van der Waals surface area contributed by atoms with Crippen LogP contribution in [0.25, 0.3) is 10.9 Å². The predicted molar refractivity (Wildman–Crippen MR) is 126 cm³/mol. The molecule has 10 heteroatoms. The fourth-order valence-electron chi connectivity index (χ4n) is 3.35. The summed E-state index contributed by atoms with van der Waals surface area (Å²) >= 11 is 19.3. The summed E-state index contributed by atoms with van der Waals surface area (Å²) in [7, 11) is 0. The van der Waals surface area contributed by atoms with E-state index >= 15 is 0 Å². The Balaban J connectivity index is 1.56. The molecule has 31 heavy (non-hydrogen) atoms. The highest BCUT2D eigenvalue weighted by atomic mass is 35.5. The van der Waals surface area contributed by atoms with Gasteiger partial charge in [-0.15, -0.1) is 0 Å². The van der Waals surface area contributed by atoms with Gasteiger partial charge in [0, 0.05) is 6.61 Å². The molecule has 4 rings (SSSR count). The Morgan fingerprint density at radius 3 is 2.74 bits per heavy atom. The van der Waals surface area contributed by atoms with E-state index in [1.54, 1.807) is 16.7 Å². The molecule has 1 N–H and O–H groups in total. The third kappa shape index (κ3) is 5.18. The van der Waals surface area contributed by atoms with Crippen LogP contribution in [0, 0.1) is 0 Å². The topological polar surface area (TPSA) is 73.2 Å². The van der Waals surface area contributed by atoms with Crippen LogP contribution in [-0.2, 0) is 16.1 Å². The third-order valence-electron chi connectivity index (χ3n) is 4.85. The first kappa shape index (κ1) is 22.4. The van der Waals surface area contributed by atoms with Crippen molar-refractivity contribution < 1.29 is 9.53 Å². The molecule has 1 aromatic heterocycles. The van der Waals surface area contributed by atoms with Gasteiger partial charge in [0.2, 0.25) is 5.91 Å². The molecule has 0 radical (unpaired) electrons. The summed E-state index contributed by atoms with van der Waals surface area (Å²) in [5.74, 6) is -0.274. The molecule has 162 valence electrons. The maximum absolute atomic E-state index is 13.1. The number of ether oxygens (including phenoxy) is 1. The summed E-state index contributed by atoms with van der Waals surface area (Å²) < 4.78 is 7.30. The zero-order valence-electron chi connectivity index (χ0n) is 16.2. The van der Waals surface area contributed by atoms with E-state index in [0.717, 1.165) is 12.8 Å². The van der Waals surface area contributed by atoms with E-state index in [4.69, 9.17) is 39.5 Å². The van der Waals surface area contributed by atoms with Crippen molar-refractivity contribution in [3.05, 3.63) is 61.8 Å². The van der Waals surface area contributed by atoms with Crippen molar-refractivity contribution in [3.8, 4) is 0 Å². The number of carbonyl (C=O) groups is 1. The van der Waals surface area contributed by atoms with Gasteiger partial charge >= 0.3 is 0 Å². The van der Waals surface area contributed by atoms with Crippen LogP contribution < -0.4 is 10.9 Å². The quantitative estimate of drug-likeness (QED) is 0.285. The number of nitrogens with zero attached hydrogens (tertiary/aromatic N) is 2. The first-order valence-corrected chi connectivity index (χ1v) is 11.7. The molecule has 1 atom stereocenters. The van der Waals surface area contributed by atoms with Crippen molar-refractivity contribution in [2.75, 3.05) is 17.7 Å². The molecule has 1 aliphatic heterocycles. The van der Waals surface area contributed by atoms with Gasteiger partial charge in [-0.1, -0.05) is 58.7 Å². The molecule has 1 aliphatic rings. The first-order valence-electron chi connectivity index (χ1n) is 9.61. The van der Waals surface area contributed by atoms with Gasteiger partial charge in [-0.25, -0.2) is 4.98 Å². The van der Waals surface area contributed by atoms with Crippen LogP contribution in [0.5, 0.6) is 0 Å². The SMILES string of the molecule is O=C(CSc1nc2ccccc2c(=O)n1CC1CCCO1)Nc1cc(Cl)c(Cl)cc1Cl. The van der Waals surface area contributed by atoms with Crippen LogP contribution in [0.1, 0.15) is 12.8 Å². The Kier molecular flexibility index (Phi) is 7.08. The molecule has 6 nitrogen and oxygen atoms in total. The largest absolute Gasteiger partial charge is 0.376 e. The summed E-state index contributed by atoms with van der Waals surface area (Å²) in [6, 6.07) is 10.1. The molecule has 1 saturated heterocycles. The highest BCUT2D eigenvalue weighted by molar-refractivity contribution is 7.99. The molecule has 2 heterocycles. The van der Waals surface area contributed by atoms with Crippen LogP contribution in [0.4, 0.5) is 5.69 Å². The lowest BCUT2D eigenvalue weighted by molar-refractivity contribution is -0.113. The lowest BCUT2D eigenvalue weighted by Gasteiger charge is -2.16. The van der Waals surface area contributed by atoms with E-state index in [1.165, 1.54) is 23.9 Å². The molecule has 1 amide bonds. The van der Waals surface area contributed by atoms with Crippen molar-refractivity contribution >= 4 is 69.1 Å². The normalized spacial score (nSPS) is 16.0. The third-order valence-corrected chi connectivity index (χ3v) is 6.86. The summed E-state index contributed by atoms with van der Waals surface area (Å²) in [4.78, 5) is 30.3. The minimum atomic E-state index is -0.309. The number of anilines is 1. The van der Waals surface area contributed by atoms with Gasteiger partial charge < -0.3 is 10.1 Å². The number of hydrogen-bond acceptors (Lipinski definition) is 5. The minimum Gasteiger partial charge on any atom is -0.376 e. The first-order chi connectivity index (χ1) is 14.9. The van der Waals surface area contributed by atoms with Gasteiger partial charge in [-0.3, -0.25) is 14.2 Å². The number of carbonyl (C=O) groups excluding carboxylic acids is 1. The number of fused-ring (bicyclic) bond motifs is 1. The van der Waals surface area contributed by atoms with E-state index in [2.05, 4.69) is 10.3 Å². The van der Waals surface area contributed by atoms with E-state index in [1.807, 2.05) is 12.1 Å². The fraction of sp³-hybridized carbons (Fsp3) is 0.286. The summed E-state index contributed by atoms with van der Waals surface area (Å²) in [6.07, 6.45) is 1.82. The summed E-state index contributed by atoms with van der Waals surface area (Å²) in [5, 5.41) is 4.60. The molecule has 0 aliphatic carbocycles. The molecule has 0 spiro atoms. The zero-order chi connectivity index (χ0) is 22.0. The Morgan fingerprint density at radius 1 is 1.19 bits per heavy atom. The molecule has 1 unspecified atom stereocenters. The molecule has 2 aromatic carbocycles. The van der Waals surface area contributed by atoms with Gasteiger partial charge in [0.05, 0.1) is 50.1 Å². The zero-order valence-corrected chi connectivity index (χ0v) is 19.3. The maximum atomic E-state index is 13.1. The number of halogens is 3. The summed E-state index contributed by atoms with van der Waals surface area (Å²) in [5.41, 5.74) is 0.813. The molecule has 1 fully saturated rings. The second-order valence-electron chi connectivity index (χ2n) is 7.05. The van der Waals surface area contributed by atoms with Gasteiger partial charge in [-0.05, 0) is 37.1 Å². The fourth-order valence-corrected chi connectivity index (χ4v) is 4.75. The Bertz CT molecular complexity index is 1200. The summed E-state index contributed by atoms with van der Waals surface area (Å²) in [6.45, 7) is 1.09. The average Bonchev–Trinajstić information content (AvgIpc) is 3.26. The Labute approximate surface area is 197 Å². The Hall–Kier alpha value is -1.77. The van der Waals surface area contributed by atoms with Crippen LogP contribution in [-0.4, -0.2) is 33.9 Å². The monoisotopic (exact) mass is 497 g/mol. The number of rotatable bonds is 6. The van der Waals surface area contributed by atoms with Crippen LogP contribution >= 0.6 is 46.6 Å². The number of hydrogen-bond donors (Lipinski definition) is 1. The van der Waals surface area contributed by atoms with Gasteiger partial charge in [-0.2, -0.15) is 0 Å². The molecule has 3 aromatic rings. The number of nitrogens with one attached hydrogen (secondary N) is 1. The average molecular weight is 499 g/mol. The number of para-hydroxylation sites is 1. The predicted octanol–water partition coefficient (Wildman–Crippen LogP) is 5.27. The van der Waals surface area contributed by atoms with Gasteiger partial charge in [0.25, 0.3) is 5.56 Å². The second kappa shape index (κ2) is 9.79. The second-order valence-corrected chi connectivity index (χ2v) is 9.21. The van der Waals surface area contributed by atoms with Crippen LogP contribution in [0.15, 0.2) is 46.3 Å². The number of amides is 1. The number of benzene rings is 2. The van der Waals surface area contributed by atoms with Crippen molar-refractivity contribution in [3.63, 3.8) is 0 Å². The lowest BCUT2D eigenvalue weighted by Crippen LogP contribution is -2.29. The smallest absolute Gasteiger partial charge is 0.262 e. The highest BCUT2D eigenvalue weighted by Crippen LogP contribution is 2.32. The molecular weight excluding hydrogens is 481 g/mol. The van der Waals surface area contributed by atoms with Crippen LogP contribution in [0.2, 0.25) is 15.1 Å². The van der Waals surface area contributed by atoms with Crippen LogP contribution in [0.3, 0.4) is 0 Å². The van der Waals surface area contributed by atoms with E-state index in [0.29, 0.717) is 39.9 Å². The number of aromatic nitrogens is 2. The van der Waals surface area contributed by atoms with E-state index in [9.17, 15) is 9.59 Å². The number of thioether (sulfide) groups is 1. The van der Waals surface area contributed by atoms with E-state index < -0.39 is 0 Å². The van der Waals surface area contributed by atoms with Crippen molar-refractivity contribution in [1.82, 2.24) is 9.55 Å². The van der Waals surface area contributed by atoms with Gasteiger partial charge in [0.1, 0.15) is 0 Å². The molecular formula is C21H18Cl3N3O3S. The van der Waals surface area contributed by atoms with Crippen molar-refractivity contribution in [1.29, 1.82) is 0 Å². The van der Waals surface area contributed by atoms with Crippen molar-refractivity contribution in [2.45, 2.75) is 30.6 Å². The van der Waals surface area contributed by atoms with E-state index in [-0.39, 0.29) is 33.4 Å².